The van der Waals surface area contributed by atoms with Gasteiger partial charge in [0.1, 0.15) is 0 Å². The highest BCUT2D eigenvalue weighted by atomic mass is 16.2. The topological polar surface area (TPSA) is 65.5 Å². The van der Waals surface area contributed by atoms with Crippen molar-refractivity contribution in [2.45, 2.75) is 26.4 Å². The van der Waals surface area contributed by atoms with Gasteiger partial charge in [0.15, 0.2) is 0 Å². The van der Waals surface area contributed by atoms with Crippen LogP contribution in [-0.2, 0) is 13.1 Å². The van der Waals surface area contributed by atoms with E-state index in [0.717, 1.165) is 17.5 Å². The zero-order chi connectivity index (χ0) is 18.9. The molecule has 0 saturated heterocycles. The molecule has 138 valence electrons. The lowest BCUT2D eigenvalue weighted by atomic mass is 10.1. The normalized spacial score (nSPS) is 10.3. The molecule has 0 saturated carbocycles. The number of carbonyl (C=O) groups excluding carboxylic acids is 2. The van der Waals surface area contributed by atoms with Crippen LogP contribution in [0.2, 0.25) is 0 Å². The summed E-state index contributed by atoms with van der Waals surface area (Å²) in [6.45, 7) is 3.67. The second-order valence-electron chi connectivity index (χ2n) is 6.34. The van der Waals surface area contributed by atoms with Crippen molar-refractivity contribution in [1.82, 2.24) is 20.1 Å². The van der Waals surface area contributed by atoms with Gasteiger partial charge in [0.2, 0.25) is 0 Å². The first-order valence-corrected chi connectivity index (χ1v) is 8.73. The number of hydrogen-bond acceptors (Lipinski definition) is 3. The Bertz CT molecular complexity index is 714. The van der Waals surface area contributed by atoms with Crippen LogP contribution in [0, 0.1) is 0 Å². The van der Waals surface area contributed by atoms with Crippen LogP contribution in [0.15, 0.2) is 48.8 Å². The number of amides is 3. The summed E-state index contributed by atoms with van der Waals surface area (Å²) in [6.07, 6.45) is 4.38. The molecule has 6 heteroatoms. The maximum absolute atomic E-state index is 12.5. The molecule has 0 aliphatic heterocycles. The van der Waals surface area contributed by atoms with Crippen molar-refractivity contribution in [3.63, 3.8) is 0 Å². The van der Waals surface area contributed by atoms with E-state index in [2.05, 4.69) is 10.3 Å². The first-order valence-electron chi connectivity index (χ1n) is 8.73. The zero-order valence-corrected chi connectivity index (χ0v) is 15.6. The molecule has 0 spiro atoms. The maximum Gasteiger partial charge on any atom is 0.317 e. The highest BCUT2D eigenvalue weighted by molar-refractivity contribution is 5.93. The number of urea groups is 1. The molecule has 2 aromatic rings. The summed E-state index contributed by atoms with van der Waals surface area (Å²) in [5.74, 6) is -0.0359. The Labute approximate surface area is 154 Å². The molecule has 0 unspecified atom stereocenters. The number of pyridine rings is 1. The molecule has 0 atom stereocenters. The standard InChI is InChI=1S/C20H26N4O2/c1-4-12-24(15-17-6-5-11-21-13-17)20(26)22-14-16-7-9-18(10-8-16)19(25)23(2)3/h5-11,13H,4,12,14-15H2,1-3H3,(H,22,26). The van der Waals surface area contributed by atoms with E-state index in [-0.39, 0.29) is 11.9 Å². The maximum atomic E-state index is 12.5. The lowest BCUT2D eigenvalue weighted by Crippen LogP contribution is -2.39. The predicted molar refractivity (Wildman–Crippen MR) is 102 cm³/mol. The lowest BCUT2D eigenvalue weighted by molar-refractivity contribution is 0.0827. The molecule has 2 rings (SSSR count). The van der Waals surface area contributed by atoms with Crippen LogP contribution in [-0.4, -0.2) is 47.4 Å². The molecule has 0 aliphatic rings. The summed E-state index contributed by atoms with van der Waals surface area (Å²) < 4.78 is 0. The van der Waals surface area contributed by atoms with Crippen LogP contribution in [0.3, 0.4) is 0 Å². The fourth-order valence-corrected chi connectivity index (χ4v) is 2.55. The highest BCUT2D eigenvalue weighted by Crippen LogP contribution is 2.08. The Morgan fingerprint density at radius 1 is 1.08 bits per heavy atom. The Morgan fingerprint density at radius 3 is 2.38 bits per heavy atom. The van der Waals surface area contributed by atoms with E-state index < -0.39 is 0 Å². The Morgan fingerprint density at radius 2 is 1.81 bits per heavy atom. The quantitative estimate of drug-likeness (QED) is 0.831. The Hall–Kier alpha value is -2.89. The van der Waals surface area contributed by atoms with Crippen LogP contribution < -0.4 is 5.32 Å². The summed E-state index contributed by atoms with van der Waals surface area (Å²) in [7, 11) is 3.45. The van der Waals surface area contributed by atoms with Crippen molar-refractivity contribution in [3.05, 3.63) is 65.5 Å². The second kappa shape index (κ2) is 9.56. The number of rotatable bonds is 7. The van der Waals surface area contributed by atoms with Gasteiger partial charge >= 0.3 is 6.03 Å². The minimum Gasteiger partial charge on any atom is -0.345 e. The highest BCUT2D eigenvalue weighted by Gasteiger charge is 2.13. The molecule has 0 aliphatic carbocycles. The van der Waals surface area contributed by atoms with Crippen LogP contribution in [0.5, 0.6) is 0 Å². The molecular weight excluding hydrogens is 328 g/mol. The van der Waals surface area contributed by atoms with Crippen molar-refractivity contribution in [2.24, 2.45) is 0 Å². The second-order valence-corrected chi connectivity index (χ2v) is 6.34. The SMILES string of the molecule is CCCN(Cc1cccnc1)C(=O)NCc1ccc(C(=O)N(C)C)cc1. The van der Waals surface area contributed by atoms with Gasteiger partial charge in [-0.1, -0.05) is 25.1 Å². The molecule has 0 fully saturated rings. The van der Waals surface area contributed by atoms with Crippen LogP contribution in [0.1, 0.15) is 34.8 Å². The molecule has 1 aromatic carbocycles. The van der Waals surface area contributed by atoms with E-state index in [1.54, 1.807) is 43.5 Å². The van der Waals surface area contributed by atoms with Gasteiger partial charge in [0.05, 0.1) is 0 Å². The minimum absolute atomic E-state index is 0.0359. The van der Waals surface area contributed by atoms with Gasteiger partial charge in [-0.05, 0) is 35.7 Å². The van der Waals surface area contributed by atoms with Crippen LogP contribution in [0.25, 0.3) is 0 Å². The average Bonchev–Trinajstić information content (AvgIpc) is 2.66. The molecule has 1 heterocycles. The van der Waals surface area contributed by atoms with Crippen molar-refractivity contribution < 1.29 is 9.59 Å². The van der Waals surface area contributed by atoms with Gasteiger partial charge in [-0.15, -0.1) is 0 Å². The fourth-order valence-electron chi connectivity index (χ4n) is 2.55. The van der Waals surface area contributed by atoms with Gasteiger partial charge in [0, 0.05) is 51.7 Å². The van der Waals surface area contributed by atoms with Crippen LogP contribution in [0.4, 0.5) is 4.79 Å². The number of nitrogens with zero attached hydrogens (tertiary/aromatic N) is 3. The van der Waals surface area contributed by atoms with Crippen molar-refractivity contribution in [1.29, 1.82) is 0 Å². The molecular formula is C20H26N4O2. The number of aromatic nitrogens is 1. The molecule has 26 heavy (non-hydrogen) atoms. The first-order chi connectivity index (χ1) is 12.5. The van der Waals surface area contributed by atoms with Gasteiger partial charge in [0.25, 0.3) is 5.91 Å². The van der Waals surface area contributed by atoms with Crippen molar-refractivity contribution in [3.8, 4) is 0 Å². The largest absolute Gasteiger partial charge is 0.345 e. The number of hydrogen-bond donors (Lipinski definition) is 1. The van der Waals surface area contributed by atoms with Gasteiger partial charge in [-0.3, -0.25) is 9.78 Å². The monoisotopic (exact) mass is 354 g/mol. The number of nitrogens with one attached hydrogen (secondary N) is 1. The lowest BCUT2D eigenvalue weighted by Gasteiger charge is -2.22. The van der Waals surface area contributed by atoms with Crippen molar-refractivity contribution in [2.75, 3.05) is 20.6 Å². The third-order valence-corrected chi connectivity index (χ3v) is 3.93. The predicted octanol–water partition coefficient (Wildman–Crippen LogP) is 2.91. The van der Waals surface area contributed by atoms with Gasteiger partial charge in [-0.2, -0.15) is 0 Å². The molecule has 1 N–H and O–H groups in total. The molecule has 3 amide bonds. The van der Waals surface area contributed by atoms with E-state index in [9.17, 15) is 9.59 Å². The number of benzene rings is 1. The Balaban J connectivity index is 1.93. The minimum atomic E-state index is -0.107. The van der Waals surface area contributed by atoms with Crippen LogP contribution >= 0.6 is 0 Å². The summed E-state index contributed by atoms with van der Waals surface area (Å²) in [6, 6.07) is 11.0. The van der Waals surface area contributed by atoms with Gasteiger partial charge in [-0.25, -0.2) is 4.79 Å². The molecule has 1 aromatic heterocycles. The average molecular weight is 354 g/mol. The summed E-state index contributed by atoms with van der Waals surface area (Å²) >= 11 is 0. The summed E-state index contributed by atoms with van der Waals surface area (Å²) in [5.41, 5.74) is 2.59. The van der Waals surface area contributed by atoms with Gasteiger partial charge < -0.3 is 15.1 Å². The molecule has 0 bridgehead atoms. The summed E-state index contributed by atoms with van der Waals surface area (Å²) in [4.78, 5) is 31.8. The van der Waals surface area contributed by atoms with E-state index >= 15 is 0 Å². The van der Waals surface area contributed by atoms with Crippen molar-refractivity contribution >= 4 is 11.9 Å². The molecule has 6 nitrogen and oxygen atoms in total. The number of carbonyl (C=O) groups is 2. The Kier molecular flexibility index (Phi) is 7.14. The van der Waals surface area contributed by atoms with E-state index in [0.29, 0.717) is 25.2 Å². The molecule has 0 radical (unpaired) electrons. The first kappa shape index (κ1) is 19.4. The van der Waals surface area contributed by atoms with E-state index in [4.69, 9.17) is 0 Å². The third kappa shape index (κ3) is 5.58. The van der Waals surface area contributed by atoms with E-state index in [1.807, 2.05) is 31.2 Å². The third-order valence-electron chi connectivity index (χ3n) is 3.93. The smallest absolute Gasteiger partial charge is 0.317 e. The fraction of sp³-hybridized carbons (Fsp3) is 0.350. The zero-order valence-electron chi connectivity index (χ0n) is 15.6. The van der Waals surface area contributed by atoms with E-state index in [1.165, 1.54) is 4.90 Å². The summed E-state index contributed by atoms with van der Waals surface area (Å²) in [5, 5.41) is 2.95.